The van der Waals surface area contributed by atoms with Gasteiger partial charge in [0, 0.05) is 6.42 Å². The third-order valence-electron chi connectivity index (χ3n) is 4.55. The summed E-state index contributed by atoms with van der Waals surface area (Å²) >= 11 is 0. The number of fused-ring (bicyclic) bond motifs is 4. The quantitative estimate of drug-likeness (QED) is 0.684. The summed E-state index contributed by atoms with van der Waals surface area (Å²) in [6.07, 6.45) is 2.57. The Morgan fingerprint density at radius 2 is 1.44 bits per heavy atom. The fourth-order valence-electron chi connectivity index (χ4n) is 3.75. The second-order valence-electron chi connectivity index (χ2n) is 5.32. The van der Waals surface area contributed by atoms with E-state index in [0.717, 1.165) is 12.8 Å². The average molecular weight is 234 g/mol. The van der Waals surface area contributed by atoms with Gasteiger partial charge >= 0.3 is 0 Å². The Balaban J connectivity index is 2.04. The second kappa shape index (κ2) is 3.32. The van der Waals surface area contributed by atoms with Crippen molar-refractivity contribution in [2.24, 2.45) is 0 Å². The Morgan fingerprint density at radius 1 is 0.833 bits per heavy atom. The Hall–Kier alpha value is -1.89. The van der Waals surface area contributed by atoms with Gasteiger partial charge in [-0.1, -0.05) is 48.5 Å². The third-order valence-corrected chi connectivity index (χ3v) is 4.55. The lowest BCUT2D eigenvalue weighted by Crippen LogP contribution is -2.30. The Morgan fingerprint density at radius 3 is 2.22 bits per heavy atom. The van der Waals surface area contributed by atoms with Crippen LogP contribution in [0.1, 0.15) is 28.7 Å². The van der Waals surface area contributed by atoms with Crippen LogP contribution in [0.4, 0.5) is 0 Å². The molecule has 4 rings (SSSR count). The van der Waals surface area contributed by atoms with Gasteiger partial charge in [0.15, 0.2) is 5.78 Å². The molecule has 2 aliphatic carbocycles. The van der Waals surface area contributed by atoms with Crippen molar-refractivity contribution in [2.45, 2.75) is 24.7 Å². The number of ketones is 1. The van der Waals surface area contributed by atoms with E-state index in [1.54, 1.807) is 0 Å². The van der Waals surface area contributed by atoms with Crippen LogP contribution in [0.15, 0.2) is 48.5 Å². The van der Waals surface area contributed by atoms with Crippen LogP contribution in [0.3, 0.4) is 0 Å². The van der Waals surface area contributed by atoms with Crippen LogP contribution in [0.5, 0.6) is 0 Å². The number of aryl methyl sites for hydroxylation is 1. The van der Waals surface area contributed by atoms with Crippen molar-refractivity contribution in [3.8, 4) is 0 Å². The molecule has 0 saturated heterocycles. The van der Waals surface area contributed by atoms with Crippen LogP contribution in [0.2, 0.25) is 0 Å². The molecule has 88 valence electrons. The average Bonchev–Trinajstić information content (AvgIpc) is 2.92. The van der Waals surface area contributed by atoms with Gasteiger partial charge in [-0.15, -0.1) is 0 Å². The maximum absolute atomic E-state index is 12.6. The van der Waals surface area contributed by atoms with Crippen LogP contribution in [-0.4, -0.2) is 5.78 Å². The Bertz CT molecular complexity index is 643. The number of benzene rings is 2. The van der Waals surface area contributed by atoms with E-state index in [9.17, 15) is 4.79 Å². The van der Waals surface area contributed by atoms with E-state index in [1.807, 2.05) is 6.07 Å². The number of hydrogen-bond donors (Lipinski definition) is 0. The second-order valence-corrected chi connectivity index (χ2v) is 5.32. The highest BCUT2D eigenvalue weighted by molar-refractivity contribution is 6.00. The summed E-state index contributed by atoms with van der Waals surface area (Å²) in [5.41, 5.74) is 4.74. The van der Waals surface area contributed by atoms with Gasteiger partial charge in [-0.25, -0.2) is 0 Å². The van der Waals surface area contributed by atoms with E-state index >= 15 is 0 Å². The zero-order chi connectivity index (χ0) is 12.2. The smallest absolute Gasteiger partial charge is 0.152 e. The Kier molecular flexibility index (Phi) is 1.86. The SMILES string of the molecule is O=C1Cc2ccccc2C12CCc1ccccc12. The minimum Gasteiger partial charge on any atom is -0.298 e. The molecule has 1 atom stereocenters. The van der Waals surface area contributed by atoms with Crippen molar-refractivity contribution in [3.05, 3.63) is 70.8 Å². The van der Waals surface area contributed by atoms with Crippen LogP contribution in [-0.2, 0) is 23.1 Å². The molecular weight excluding hydrogens is 220 g/mol. The van der Waals surface area contributed by atoms with Gasteiger partial charge < -0.3 is 0 Å². The molecular formula is C17H14O. The molecule has 1 nitrogen and oxygen atoms in total. The first-order valence-corrected chi connectivity index (χ1v) is 6.52. The normalized spacial score (nSPS) is 24.3. The molecule has 2 aromatic rings. The fourth-order valence-corrected chi connectivity index (χ4v) is 3.75. The van der Waals surface area contributed by atoms with Gasteiger partial charge in [-0.3, -0.25) is 4.79 Å². The first kappa shape index (κ1) is 10.1. The maximum atomic E-state index is 12.6. The van der Waals surface area contributed by atoms with Gasteiger partial charge in [0.25, 0.3) is 0 Å². The monoisotopic (exact) mass is 234 g/mol. The summed E-state index contributed by atoms with van der Waals surface area (Å²) in [6, 6.07) is 16.8. The van der Waals surface area contributed by atoms with E-state index in [1.165, 1.54) is 22.3 Å². The number of Topliss-reactive ketones (excluding diaryl/α,β-unsaturated/α-hetero) is 1. The van der Waals surface area contributed by atoms with Crippen molar-refractivity contribution in [1.29, 1.82) is 0 Å². The van der Waals surface area contributed by atoms with E-state index < -0.39 is 0 Å². The lowest BCUT2D eigenvalue weighted by molar-refractivity contribution is -0.121. The predicted molar refractivity (Wildman–Crippen MR) is 70.7 cm³/mol. The number of carbonyl (C=O) groups excluding carboxylic acids is 1. The summed E-state index contributed by atoms with van der Waals surface area (Å²) < 4.78 is 0. The van der Waals surface area contributed by atoms with E-state index in [4.69, 9.17) is 0 Å². The summed E-state index contributed by atoms with van der Waals surface area (Å²) in [5, 5.41) is 0. The van der Waals surface area contributed by atoms with Gasteiger partial charge in [-0.2, -0.15) is 0 Å². The summed E-state index contributed by atoms with van der Waals surface area (Å²) in [5.74, 6) is 0.383. The van der Waals surface area contributed by atoms with Gasteiger partial charge in [0.05, 0.1) is 5.41 Å². The largest absolute Gasteiger partial charge is 0.298 e. The Labute approximate surface area is 106 Å². The zero-order valence-corrected chi connectivity index (χ0v) is 10.1. The highest BCUT2D eigenvalue weighted by atomic mass is 16.1. The highest BCUT2D eigenvalue weighted by Crippen LogP contribution is 2.49. The van der Waals surface area contributed by atoms with E-state index in [0.29, 0.717) is 12.2 Å². The van der Waals surface area contributed by atoms with Crippen molar-refractivity contribution in [3.63, 3.8) is 0 Å². The zero-order valence-electron chi connectivity index (χ0n) is 10.1. The van der Waals surface area contributed by atoms with Crippen LogP contribution in [0.25, 0.3) is 0 Å². The maximum Gasteiger partial charge on any atom is 0.152 e. The molecule has 0 bridgehead atoms. The predicted octanol–water partition coefficient (Wildman–Crippen LogP) is 3.04. The van der Waals surface area contributed by atoms with Crippen molar-refractivity contribution in [1.82, 2.24) is 0 Å². The van der Waals surface area contributed by atoms with Crippen molar-refractivity contribution < 1.29 is 4.79 Å². The molecule has 18 heavy (non-hydrogen) atoms. The molecule has 2 aromatic carbocycles. The minimum atomic E-state index is -0.326. The molecule has 0 amide bonds. The molecule has 0 heterocycles. The van der Waals surface area contributed by atoms with Gasteiger partial charge in [-0.05, 0) is 35.1 Å². The molecule has 0 radical (unpaired) electrons. The molecule has 0 N–H and O–H groups in total. The molecule has 0 aromatic heterocycles. The number of carbonyl (C=O) groups is 1. The topological polar surface area (TPSA) is 17.1 Å². The summed E-state index contributed by atoms with van der Waals surface area (Å²) in [4.78, 5) is 12.6. The molecule has 0 saturated carbocycles. The molecule has 0 fully saturated rings. The molecule has 1 spiro atoms. The molecule has 0 aliphatic heterocycles. The number of rotatable bonds is 0. The van der Waals surface area contributed by atoms with E-state index in [2.05, 4.69) is 42.5 Å². The van der Waals surface area contributed by atoms with Crippen LogP contribution in [0, 0.1) is 0 Å². The van der Waals surface area contributed by atoms with Crippen LogP contribution < -0.4 is 0 Å². The van der Waals surface area contributed by atoms with Crippen molar-refractivity contribution >= 4 is 5.78 Å². The summed E-state index contributed by atoms with van der Waals surface area (Å²) in [7, 11) is 0. The highest BCUT2D eigenvalue weighted by Gasteiger charge is 2.50. The standard InChI is InChI=1S/C17H14O/c18-16-11-13-6-2-4-8-15(13)17(16)10-9-12-5-1-3-7-14(12)17/h1-8H,9-11H2. The van der Waals surface area contributed by atoms with Crippen LogP contribution >= 0.6 is 0 Å². The molecule has 1 unspecified atom stereocenters. The molecule has 2 aliphatic rings. The molecule has 1 heteroatoms. The third kappa shape index (κ3) is 1.05. The first-order valence-electron chi connectivity index (χ1n) is 6.52. The van der Waals surface area contributed by atoms with Gasteiger partial charge in [0.1, 0.15) is 0 Å². The van der Waals surface area contributed by atoms with Gasteiger partial charge in [0.2, 0.25) is 0 Å². The summed E-state index contributed by atoms with van der Waals surface area (Å²) in [6.45, 7) is 0. The van der Waals surface area contributed by atoms with E-state index in [-0.39, 0.29) is 5.41 Å². The lowest BCUT2D eigenvalue weighted by Gasteiger charge is -2.24. The first-order chi connectivity index (χ1) is 8.82. The lowest BCUT2D eigenvalue weighted by atomic mass is 9.76. The fraction of sp³-hybridized carbons (Fsp3) is 0.235. The number of hydrogen-bond acceptors (Lipinski definition) is 1. The minimum absolute atomic E-state index is 0.326. The van der Waals surface area contributed by atoms with Crippen molar-refractivity contribution in [2.75, 3.05) is 0 Å².